The summed E-state index contributed by atoms with van der Waals surface area (Å²) < 4.78 is 0. The number of aromatic nitrogens is 1. The number of fused-ring (bicyclic) bond motifs is 5. The standard InChI is InChI=1S/C18H24N2O/c1-2-12-10-20-8-7-15-14-5-3-4-6-16(14)19-18(15)17(20)9-13(12)11-21/h3-6,12-13,17,19,21H,2,7-11H2,1H3/t12-,13+,17-/m0/s1. The van der Waals surface area contributed by atoms with Crippen molar-refractivity contribution in [2.24, 2.45) is 11.8 Å². The number of para-hydroxylation sites is 1. The Morgan fingerprint density at radius 2 is 2.14 bits per heavy atom. The molecule has 3 heteroatoms. The molecule has 2 aliphatic heterocycles. The van der Waals surface area contributed by atoms with Crippen molar-refractivity contribution in [2.45, 2.75) is 32.2 Å². The number of aliphatic hydroxyl groups excluding tert-OH is 1. The molecule has 1 saturated heterocycles. The highest BCUT2D eigenvalue weighted by atomic mass is 16.3. The fourth-order valence-electron chi connectivity index (χ4n) is 4.47. The van der Waals surface area contributed by atoms with Crippen molar-refractivity contribution in [3.8, 4) is 0 Å². The summed E-state index contributed by atoms with van der Waals surface area (Å²) in [5.74, 6) is 1.10. The van der Waals surface area contributed by atoms with Crippen LogP contribution in [0, 0.1) is 11.8 Å². The summed E-state index contributed by atoms with van der Waals surface area (Å²) in [6, 6.07) is 9.13. The van der Waals surface area contributed by atoms with Crippen molar-refractivity contribution >= 4 is 10.9 Å². The van der Waals surface area contributed by atoms with E-state index in [0.29, 0.717) is 24.5 Å². The second kappa shape index (κ2) is 5.15. The molecule has 3 atom stereocenters. The van der Waals surface area contributed by atoms with Gasteiger partial charge in [0.1, 0.15) is 0 Å². The van der Waals surface area contributed by atoms with Gasteiger partial charge in [0.25, 0.3) is 0 Å². The van der Waals surface area contributed by atoms with Crippen molar-refractivity contribution < 1.29 is 5.11 Å². The quantitative estimate of drug-likeness (QED) is 0.889. The summed E-state index contributed by atoms with van der Waals surface area (Å²) in [5.41, 5.74) is 4.19. The SMILES string of the molecule is CC[C@H]1CN2CCc3c([nH]c4ccccc34)[C@@H]2C[C@@H]1CO. The van der Waals surface area contributed by atoms with E-state index >= 15 is 0 Å². The van der Waals surface area contributed by atoms with Gasteiger partial charge in [-0.2, -0.15) is 0 Å². The molecule has 0 aliphatic carbocycles. The summed E-state index contributed by atoms with van der Waals surface area (Å²) >= 11 is 0. The third-order valence-corrected chi connectivity index (χ3v) is 5.69. The summed E-state index contributed by atoms with van der Waals surface area (Å²) in [6.07, 6.45) is 3.42. The van der Waals surface area contributed by atoms with Crippen molar-refractivity contribution in [1.29, 1.82) is 0 Å². The molecule has 1 aromatic carbocycles. The topological polar surface area (TPSA) is 39.3 Å². The van der Waals surface area contributed by atoms with E-state index in [0.717, 1.165) is 25.9 Å². The lowest BCUT2D eigenvalue weighted by Gasteiger charge is -2.45. The van der Waals surface area contributed by atoms with Crippen LogP contribution in [0.1, 0.15) is 37.1 Å². The van der Waals surface area contributed by atoms with E-state index in [2.05, 4.69) is 41.1 Å². The van der Waals surface area contributed by atoms with Crippen LogP contribution in [0.2, 0.25) is 0 Å². The molecule has 21 heavy (non-hydrogen) atoms. The lowest BCUT2D eigenvalue weighted by molar-refractivity contribution is 0.0242. The Labute approximate surface area is 126 Å². The zero-order valence-corrected chi connectivity index (χ0v) is 12.7. The van der Waals surface area contributed by atoms with Gasteiger partial charge in [-0.1, -0.05) is 31.5 Å². The number of nitrogens with one attached hydrogen (secondary N) is 1. The first-order valence-corrected chi connectivity index (χ1v) is 8.26. The summed E-state index contributed by atoms with van der Waals surface area (Å²) in [7, 11) is 0. The molecule has 2 N–H and O–H groups in total. The van der Waals surface area contributed by atoms with Crippen molar-refractivity contribution in [3.05, 3.63) is 35.5 Å². The summed E-state index contributed by atoms with van der Waals surface area (Å²) in [4.78, 5) is 6.31. The number of rotatable bonds is 2. The smallest absolute Gasteiger partial charge is 0.0505 e. The monoisotopic (exact) mass is 284 g/mol. The minimum Gasteiger partial charge on any atom is -0.396 e. The normalized spacial score (nSPS) is 29.3. The molecule has 1 fully saturated rings. The van der Waals surface area contributed by atoms with Gasteiger partial charge in [-0.15, -0.1) is 0 Å². The molecule has 0 amide bonds. The highest BCUT2D eigenvalue weighted by Crippen LogP contribution is 2.43. The maximum absolute atomic E-state index is 9.74. The number of hydrogen-bond acceptors (Lipinski definition) is 2. The number of aliphatic hydroxyl groups is 1. The predicted molar refractivity (Wildman–Crippen MR) is 85.3 cm³/mol. The molecule has 0 unspecified atom stereocenters. The van der Waals surface area contributed by atoms with Crippen LogP contribution >= 0.6 is 0 Å². The van der Waals surface area contributed by atoms with Gasteiger partial charge in [0.2, 0.25) is 0 Å². The molecule has 112 valence electrons. The number of nitrogens with zero attached hydrogens (tertiary/aromatic N) is 1. The van der Waals surface area contributed by atoms with Gasteiger partial charge in [-0.05, 0) is 36.3 Å². The molecule has 0 spiro atoms. The lowest BCUT2D eigenvalue weighted by atomic mass is 9.78. The van der Waals surface area contributed by atoms with Gasteiger partial charge >= 0.3 is 0 Å². The van der Waals surface area contributed by atoms with Crippen molar-refractivity contribution in [2.75, 3.05) is 19.7 Å². The third kappa shape index (κ3) is 2.02. The Bertz CT molecular complexity index is 648. The molecule has 0 radical (unpaired) electrons. The second-order valence-corrected chi connectivity index (χ2v) is 6.67. The maximum atomic E-state index is 9.74. The molecule has 1 aromatic heterocycles. The number of hydrogen-bond donors (Lipinski definition) is 2. The summed E-state index contributed by atoms with van der Waals surface area (Å²) in [6.45, 7) is 4.89. The van der Waals surface area contributed by atoms with Gasteiger partial charge in [0.05, 0.1) is 6.04 Å². The number of piperidine rings is 1. The van der Waals surface area contributed by atoms with Gasteiger partial charge in [-0.25, -0.2) is 0 Å². The first-order valence-electron chi connectivity index (χ1n) is 8.26. The Balaban J connectivity index is 1.74. The van der Waals surface area contributed by atoms with Crippen molar-refractivity contribution in [3.63, 3.8) is 0 Å². The maximum Gasteiger partial charge on any atom is 0.0505 e. The van der Waals surface area contributed by atoms with E-state index in [1.807, 2.05) is 0 Å². The molecule has 3 heterocycles. The summed E-state index contributed by atoms with van der Waals surface area (Å²) in [5, 5.41) is 11.1. The molecule has 0 bridgehead atoms. The fraction of sp³-hybridized carbons (Fsp3) is 0.556. The van der Waals surface area contributed by atoms with E-state index in [1.54, 1.807) is 0 Å². The Hall–Kier alpha value is -1.32. The van der Waals surface area contributed by atoms with Crippen LogP contribution < -0.4 is 0 Å². The van der Waals surface area contributed by atoms with Gasteiger partial charge < -0.3 is 10.1 Å². The lowest BCUT2D eigenvalue weighted by Crippen LogP contribution is -2.46. The fourth-order valence-corrected chi connectivity index (χ4v) is 4.47. The molecular formula is C18H24N2O. The first-order chi connectivity index (χ1) is 10.3. The molecule has 4 rings (SSSR count). The van der Waals surface area contributed by atoms with Gasteiger partial charge in [0, 0.05) is 36.3 Å². The Morgan fingerprint density at radius 1 is 1.29 bits per heavy atom. The third-order valence-electron chi connectivity index (χ3n) is 5.69. The number of aromatic amines is 1. The van der Waals surface area contributed by atoms with Gasteiger partial charge in [-0.3, -0.25) is 4.90 Å². The molecule has 2 aliphatic rings. The Morgan fingerprint density at radius 3 is 2.95 bits per heavy atom. The van der Waals surface area contributed by atoms with E-state index in [4.69, 9.17) is 0 Å². The average Bonchev–Trinajstić information content (AvgIpc) is 2.92. The molecule has 0 saturated carbocycles. The minimum atomic E-state index is 0.332. The highest BCUT2D eigenvalue weighted by Gasteiger charge is 2.39. The predicted octanol–water partition coefficient (Wildman–Crippen LogP) is 3.11. The van der Waals surface area contributed by atoms with Crippen LogP contribution in [0.15, 0.2) is 24.3 Å². The zero-order valence-electron chi connectivity index (χ0n) is 12.7. The number of benzene rings is 1. The number of H-pyrrole nitrogens is 1. The van der Waals surface area contributed by atoms with Crippen LogP contribution in [0.4, 0.5) is 0 Å². The van der Waals surface area contributed by atoms with E-state index in [1.165, 1.54) is 28.6 Å². The van der Waals surface area contributed by atoms with E-state index in [-0.39, 0.29) is 0 Å². The van der Waals surface area contributed by atoms with Crippen molar-refractivity contribution in [1.82, 2.24) is 9.88 Å². The highest BCUT2D eigenvalue weighted by molar-refractivity contribution is 5.85. The molecule has 3 nitrogen and oxygen atoms in total. The molecule has 2 aromatic rings. The van der Waals surface area contributed by atoms with Crippen LogP contribution in [-0.2, 0) is 6.42 Å². The van der Waals surface area contributed by atoms with E-state index < -0.39 is 0 Å². The minimum absolute atomic E-state index is 0.332. The van der Waals surface area contributed by atoms with E-state index in [9.17, 15) is 5.11 Å². The Kier molecular flexibility index (Phi) is 3.27. The van der Waals surface area contributed by atoms with Crippen LogP contribution in [0.25, 0.3) is 10.9 Å². The zero-order chi connectivity index (χ0) is 14.4. The average molecular weight is 284 g/mol. The largest absolute Gasteiger partial charge is 0.396 e. The van der Waals surface area contributed by atoms with Crippen LogP contribution in [0.5, 0.6) is 0 Å². The van der Waals surface area contributed by atoms with Gasteiger partial charge in [0.15, 0.2) is 0 Å². The second-order valence-electron chi connectivity index (χ2n) is 6.67. The van der Waals surface area contributed by atoms with Crippen LogP contribution in [0.3, 0.4) is 0 Å². The first kappa shape index (κ1) is 13.4. The molecular weight excluding hydrogens is 260 g/mol. The van der Waals surface area contributed by atoms with Crippen LogP contribution in [-0.4, -0.2) is 34.7 Å².